The van der Waals surface area contributed by atoms with E-state index in [0.29, 0.717) is 0 Å². The Balaban J connectivity index is 2.70. The van der Waals surface area contributed by atoms with E-state index in [9.17, 15) is 13.5 Å². The van der Waals surface area contributed by atoms with E-state index in [2.05, 4.69) is 0 Å². The van der Waals surface area contributed by atoms with Crippen LogP contribution in [-0.2, 0) is 9.84 Å². The second kappa shape index (κ2) is 4.23. The van der Waals surface area contributed by atoms with Crippen molar-refractivity contribution in [3.05, 3.63) is 42.5 Å². The molecular formula is C12H12N2O3S. The number of nitrogens with two attached hydrogens (primary N) is 2. The predicted octanol–water partition coefficient (Wildman–Crippen LogP) is 1.39. The number of phenolic OH excluding ortho intramolecular Hbond substituents is 1. The first-order chi connectivity index (χ1) is 8.43. The smallest absolute Gasteiger partial charge is 0.210 e. The van der Waals surface area contributed by atoms with Crippen LogP contribution in [0.3, 0.4) is 0 Å². The molecule has 0 aromatic heterocycles. The Labute approximate surface area is 105 Å². The molecular weight excluding hydrogens is 252 g/mol. The zero-order valence-electron chi connectivity index (χ0n) is 9.37. The molecule has 5 N–H and O–H groups in total. The summed E-state index contributed by atoms with van der Waals surface area (Å²) in [7, 11) is -3.83. The highest BCUT2D eigenvalue weighted by Crippen LogP contribution is 2.31. The zero-order chi connectivity index (χ0) is 13.3. The Hall–Kier alpha value is -2.21. The van der Waals surface area contributed by atoms with Gasteiger partial charge >= 0.3 is 0 Å². The van der Waals surface area contributed by atoms with Crippen molar-refractivity contribution < 1.29 is 13.5 Å². The normalized spacial score (nSPS) is 11.3. The van der Waals surface area contributed by atoms with Crippen LogP contribution in [0.4, 0.5) is 11.4 Å². The van der Waals surface area contributed by atoms with Crippen LogP contribution in [-0.4, -0.2) is 13.5 Å². The summed E-state index contributed by atoms with van der Waals surface area (Å²) in [6, 6.07) is 9.86. The molecule has 18 heavy (non-hydrogen) atoms. The first kappa shape index (κ1) is 12.3. The maximum absolute atomic E-state index is 12.4. The van der Waals surface area contributed by atoms with Gasteiger partial charge in [0.25, 0.3) is 0 Å². The molecule has 0 fully saturated rings. The van der Waals surface area contributed by atoms with Crippen molar-refractivity contribution in [1.82, 2.24) is 0 Å². The van der Waals surface area contributed by atoms with Gasteiger partial charge in [-0.3, -0.25) is 0 Å². The molecule has 0 spiro atoms. The summed E-state index contributed by atoms with van der Waals surface area (Å²) in [4.78, 5) is -0.178. The van der Waals surface area contributed by atoms with Crippen LogP contribution in [0.1, 0.15) is 0 Å². The summed E-state index contributed by atoms with van der Waals surface area (Å²) in [6.45, 7) is 0. The molecule has 0 heterocycles. The molecule has 94 valence electrons. The second-order valence-electron chi connectivity index (χ2n) is 3.77. The van der Waals surface area contributed by atoms with E-state index < -0.39 is 9.84 Å². The van der Waals surface area contributed by atoms with Gasteiger partial charge in [0.05, 0.1) is 16.3 Å². The van der Waals surface area contributed by atoms with Crippen LogP contribution in [0.15, 0.2) is 52.3 Å². The van der Waals surface area contributed by atoms with Crippen molar-refractivity contribution in [1.29, 1.82) is 0 Å². The molecule has 0 aliphatic heterocycles. The number of anilines is 2. The highest BCUT2D eigenvalue weighted by Gasteiger charge is 2.23. The number of hydrogen-bond donors (Lipinski definition) is 3. The Morgan fingerprint density at radius 2 is 1.50 bits per heavy atom. The third-order valence-corrected chi connectivity index (χ3v) is 4.36. The van der Waals surface area contributed by atoms with Crippen molar-refractivity contribution in [2.24, 2.45) is 0 Å². The average molecular weight is 264 g/mol. The summed E-state index contributed by atoms with van der Waals surface area (Å²) < 4.78 is 24.7. The Morgan fingerprint density at radius 1 is 0.944 bits per heavy atom. The van der Waals surface area contributed by atoms with Crippen molar-refractivity contribution in [3.63, 3.8) is 0 Å². The number of aromatic hydroxyl groups is 1. The Kier molecular flexibility index (Phi) is 2.88. The van der Waals surface area contributed by atoms with Crippen molar-refractivity contribution >= 4 is 21.2 Å². The van der Waals surface area contributed by atoms with Gasteiger partial charge in [-0.2, -0.15) is 0 Å². The van der Waals surface area contributed by atoms with Crippen LogP contribution >= 0.6 is 0 Å². The minimum Gasteiger partial charge on any atom is -0.508 e. The fourth-order valence-electron chi connectivity index (χ4n) is 1.65. The first-order valence-corrected chi connectivity index (χ1v) is 6.59. The maximum atomic E-state index is 12.4. The SMILES string of the molecule is Nc1cccc(N)c1S(=O)(=O)c1cccc(O)c1. The van der Waals surface area contributed by atoms with Crippen LogP contribution in [0.25, 0.3) is 0 Å². The zero-order valence-corrected chi connectivity index (χ0v) is 10.2. The van der Waals surface area contributed by atoms with Gasteiger partial charge in [0, 0.05) is 0 Å². The minimum atomic E-state index is -3.83. The second-order valence-corrected chi connectivity index (χ2v) is 5.65. The molecule has 0 atom stereocenters. The van der Waals surface area contributed by atoms with E-state index in [4.69, 9.17) is 11.5 Å². The van der Waals surface area contributed by atoms with Gasteiger partial charge in [0.1, 0.15) is 10.6 Å². The van der Waals surface area contributed by atoms with E-state index in [1.54, 1.807) is 6.07 Å². The minimum absolute atomic E-state index is 0.0490. The summed E-state index contributed by atoms with van der Waals surface area (Å²) in [6.07, 6.45) is 0. The molecule has 0 amide bonds. The lowest BCUT2D eigenvalue weighted by atomic mass is 10.3. The standard InChI is InChI=1S/C12H12N2O3S/c13-10-5-2-6-11(14)12(10)18(16,17)9-4-1-3-8(15)7-9/h1-7,15H,13-14H2. The first-order valence-electron chi connectivity index (χ1n) is 5.11. The molecule has 2 rings (SSSR count). The van der Waals surface area contributed by atoms with E-state index in [1.165, 1.54) is 30.3 Å². The quantitative estimate of drug-likeness (QED) is 0.710. The third kappa shape index (κ3) is 1.98. The highest BCUT2D eigenvalue weighted by molar-refractivity contribution is 7.91. The third-order valence-electron chi connectivity index (χ3n) is 2.47. The van der Waals surface area contributed by atoms with E-state index in [-0.39, 0.29) is 26.9 Å². The van der Waals surface area contributed by atoms with Gasteiger partial charge in [-0.1, -0.05) is 12.1 Å². The van der Waals surface area contributed by atoms with Gasteiger partial charge in [-0.15, -0.1) is 0 Å². The molecule has 5 nitrogen and oxygen atoms in total. The number of rotatable bonds is 2. The molecule has 6 heteroatoms. The maximum Gasteiger partial charge on any atom is 0.210 e. The van der Waals surface area contributed by atoms with Crippen LogP contribution < -0.4 is 11.5 Å². The molecule has 0 radical (unpaired) electrons. The summed E-state index contributed by atoms with van der Waals surface area (Å²) in [5, 5.41) is 9.33. The number of hydrogen-bond acceptors (Lipinski definition) is 5. The van der Waals surface area contributed by atoms with Gasteiger partial charge in [-0.05, 0) is 30.3 Å². The van der Waals surface area contributed by atoms with Crippen molar-refractivity contribution in [2.75, 3.05) is 11.5 Å². The van der Waals surface area contributed by atoms with Crippen LogP contribution in [0.5, 0.6) is 5.75 Å². The number of phenols is 1. The summed E-state index contributed by atoms with van der Waals surface area (Å²) in [5.41, 5.74) is 11.5. The van der Waals surface area contributed by atoms with E-state index in [0.717, 1.165) is 6.07 Å². The van der Waals surface area contributed by atoms with Crippen molar-refractivity contribution in [2.45, 2.75) is 9.79 Å². The topological polar surface area (TPSA) is 106 Å². The molecule has 0 saturated carbocycles. The fraction of sp³-hybridized carbons (Fsp3) is 0. The summed E-state index contributed by atoms with van der Waals surface area (Å²) >= 11 is 0. The van der Waals surface area contributed by atoms with E-state index >= 15 is 0 Å². The molecule has 2 aromatic rings. The summed E-state index contributed by atoms with van der Waals surface area (Å²) in [5.74, 6) is -0.135. The average Bonchev–Trinajstić information content (AvgIpc) is 2.28. The molecule has 0 bridgehead atoms. The lowest BCUT2D eigenvalue weighted by Gasteiger charge is -2.10. The molecule has 0 unspecified atom stereocenters. The van der Waals surface area contributed by atoms with Gasteiger partial charge in [0.15, 0.2) is 0 Å². The predicted molar refractivity (Wildman–Crippen MR) is 68.8 cm³/mol. The largest absolute Gasteiger partial charge is 0.508 e. The van der Waals surface area contributed by atoms with Gasteiger partial charge in [0.2, 0.25) is 9.84 Å². The number of sulfone groups is 1. The number of nitrogen functional groups attached to an aromatic ring is 2. The monoisotopic (exact) mass is 264 g/mol. The number of benzene rings is 2. The fourth-order valence-corrected chi connectivity index (χ4v) is 3.18. The molecule has 2 aromatic carbocycles. The Morgan fingerprint density at radius 3 is 2.06 bits per heavy atom. The van der Waals surface area contributed by atoms with Crippen LogP contribution in [0, 0.1) is 0 Å². The van der Waals surface area contributed by atoms with Gasteiger partial charge in [-0.25, -0.2) is 8.42 Å². The van der Waals surface area contributed by atoms with Gasteiger partial charge < -0.3 is 16.6 Å². The Bertz CT molecular complexity index is 676. The van der Waals surface area contributed by atoms with E-state index in [1.807, 2.05) is 0 Å². The molecule has 0 saturated heterocycles. The lowest BCUT2D eigenvalue weighted by Crippen LogP contribution is -2.08. The highest BCUT2D eigenvalue weighted by atomic mass is 32.2. The van der Waals surface area contributed by atoms with Crippen LogP contribution in [0.2, 0.25) is 0 Å². The lowest BCUT2D eigenvalue weighted by molar-refractivity contribution is 0.473. The van der Waals surface area contributed by atoms with Crippen molar-refractivity contribution in [3.8, 4) is 5.75 Å². The molecule has 0 aliphatic carbocycles. The molecule has 0 aliphatic rings.